The lowest BCUT2D eigenvalue weighted by Crippen LogP contribution is -2.39. The predicted octanol–water partition coefficient (Wildman–Crippen LogP) is -3.29. The summed E-state index contributed by atoms with van der Waals surface area (Å²) in [5, 5.41) is 32.6. The molecule has 1 aromatic rings. The number of hydrogen-bond donors (Lipinski definition) is 6. The average Bonchev–Trinajstić information content (AvgIpc) is 2.80. The lowest BCUT2D eigenvalue weighted by Gasteiger charge is -2.17. The number of nitrogens with zero attached hydrogens (tertiary/aromatic N) is 2. The van der Waals surface area contributed by atoms with Gasteiger partial charge in [0, 0.05) is 6.20 Å². The zero-order valence-electron chi connectivity index (χ0n) is 12.5. The Morgan fingerprint density at radius 1 is 1.50 bits per heavy atom. The van der Waals surface area contributed by atoms with Gasteiger partial charge in [0.15, 0.2) is 11.3 Å². The first kappa shape index (κ1) is 18.2. The van der Waals surface area contributed by atoms with Gasteiger partial charge < -0.3 is 25.8 Å². The van der Waals surface area contributed by atoms with E-state index >= 15 is 0 Å². The van der Waals surface area contributed by atoms with Crippen molar-refractivity contribution in [2.45, 2.75) is 31.5 Å². The standard InChI is InChI=1S/C12H17N5O6S/c1-4(15-16-11(13)24)5-2-17(12(22)14-9(5)21)10-8(20)7(19)6(3-18)23-10/h2,6-8,10,18-20H,3H2,1H3,(H3,13,16,24)(H,14,21,22)/b15-4+/t6-,7-,8-,10-/m0/s1. The van der Waals surface area contributed by atoms with Crippen molar-refractivity contribution in [2.75, 3.05) is 6.61 Å². The maximum absolute atomic E-state index is 12.0. The van der Waals surface area contributed by atoms with E-state index in [2.05, 4.69) is 27.7 Å². The molecule has 0 unspecified atom stereocenters. The van der Waals surface area contributed by atoms with Gasteiger partial charge in [-0.05, 0) is 19.1 Å². The van der Waals surface area contributed by atoms with Crippen LogP contribution in [-0.4, -0.2) is 60.6 Å². The number of rotatable bonds is 4. The number of nitrogens with two attached hydrogens (primary N) is 1. The molecular formula is C12H17N5O6S. The fraction of sp³-hybridized carbons (Fsp3) is 0.500. The van der Waals surface area contributed by atoms with E-state index in [1.165, 1.54) is 6.92 Å². The second-order valence-electron chi connectivity index (χ2n) is 5.11. The molecule has 2 rings (SSSR count). The maximum atomic E-state index is 12.0. The molecule has 0 aliphatic carbocycles. The molecule has 1 saturated heterocycles. The number of aromatic amines is 1. The highest BCUT2D eigenvalue weighted by molar-refractivity contribution is 7.80. The first-order valence-electron chi connectivity index (χ1n) is 6.84. The summed E-state index contributed by atoms with van der Waals surface area (Å²) in [4.78, 5) is 26.0. The molecule has 1 fully saturated rings. The minimum atomic E-state index is -1.47. The van der Waals surface area contributed by atoms with Crippen LogP contribution in [0.15, 0.2) is 20.9 Å². The Morgan fingerprint density at radius 3 is 2.71 bits per heavy atom. The van der Waals surface area contributed by atoms with Crippen molar-refractivity contribution in [1.82, 2.24) is 15.0 Å². The van der Waals surface area contributed by atoms with Gasteiger partial charge in [0.25, 0.3) is 5.56 Å². The zero-order valence-corrected chi connectivity index (χ0v) is 13.4. The van der Waals surface area contributed by atoms with Crippen LogP contribution in [0.4, 0.5) is 0 Å². The number of thiocarbonyl (C=S) groups is 1. The highest BCUT2D eigenvalue weighted by Gasteiger charge is 2.43. The van der Waals surface area contributed by atoms with Crippen LogP contribution in [0.3, 0.4) is 0 Å². The minimum Gasteiger partial charge on any atom is -0.394 e. The minimum absolute atomic E-state index is 0.00362. The van der Waals surface area contributed by atoms with Crippen molar-refractivity contribution >= 4 is 23.0 Å². The fourth-order valence-corrected chi connectivity index (χ4v) is 2.29. The summed E-state index contributed by atoms with van der Waals surface area (Å²) in [7, 11) is 0. The summed E-state index contributed by atoms with van der Waals surface area (Å²) in [5.74, 6) is 0. The second kappa shape index (κ2) is 7.19. The molecule has 4 atom stereocenters. The number of hydrogen-bond acceptors (Lipinski definition) is 8. The molecule has 132 valence electrons. The first-order valence-corrected chi connectivity index (χ1v) is 7.25. The number of ether oxygens (including phenoxy) is 1. The smallest absolute Gasteiger partial charge is 0.330 e. The number of H-pyrrole nitrogens is 1. The van der Waals surface area contributed by atoms with Gasteiger partial charge in [0.1, 0.15) is 18.3 Å². The van der Waals surface area contributed by atoms with Crippen LogP contribution in [0.1, 0.15) is 18.7 Å². The van der Waals surface area contributed by atoms with E-state index in [4.69, 9.17) is 15.6 Å². The van der Waals surface area contributed by atoms with Gasteiger partial charge in [-0.3, -0.25) is 19.8 Å². The molecule has 0 aromatic carbocycles. The Bertz CT molecular complexity index is 774. The van der Waals surface area contributed by atoms with Crippen molar-refractivity contribution in [3.8, 4) is 0 Å². The second-order valence-corrected chi connectivity index (χ2v) is 5.55. The normalized spacial score (nSPS) is 27.2. The predicted molar refractivity (Wildman–Crippen MR) is 86.5 cm³/mol. The van der Waals surface area contributed by atoms with E-state index in [0.717, 1.165) is 10.8 Å². The quantitative estimate of drug-likeness (QED) is 0.183. The van der Waals surface area contributed by atoms with Crippen molar-refractivity contribution in [3.63, 3.8) is 0 Å². The Morgan fingerprint density at radius 2 is 2.17 bits per heavy atom. The van der Waals surface area contributed by atoms with Crippen LogP contribution < -0.4 is 22.4 Å². The highest BCUT2D eigenvalue weighted by Crippen LogP contribution is 2.27. The van der Waals surface area contributed by atoms with Crippen molar-refractivity contribution < 1.29 is 20.1 Å². The summed E-state index contributed by atoms with van der Waals surface area (Å²) in [5.41, 5.74) is 6.15. The van der Waals surface area contributed by atoms with Gasteiger partial charge in [-0.1, -0.05) is 0 Å². The molecule has 7 N–H and O–H groups in total. The molecule has 1 aliphatic heterocycles. The summed E-state index contributed by atoms with van der Waals surface area (Å²) < 4.78 is 6.17. The lowest BCUT2D eigenvalue weighted by atomic mass is 10.1. The van der Waals surface area contributed by atoms with E-state index in [9.17, 15) is 19.8 Å². The Balaban J connectivity index is 2.44. The molecule has 11 nitrogen and oxygen atoms in total. The van der Waals surface area contributed by atoms with Gasteiger partial charge in [0.2, 0.25) is 0 Å². The topological polar surface area (TPSA) is 175 Å². The van der Waals surface area contributed by atoms with E-state index in [0.29, 0.717) is 0 Å². The molecule has 12 heteroatoms. The Labute approximate surface area is 140 Å². The molecule has 1 aromatic heterocycles. The van der Waals surface area contributed by atoms with E-state index in [-0.39, 0.29) is 16.4 Å². The summed E-state index contributed by atoms with van der Waals surface area (Å²) in [6, 6.07) is 0. The van der Waals surface area contributed by atoms with Crippen LogP contribution in [0.5, 0.6) is 0 Å². The van der Waals surface area contributed by atoms with Crippen molar-refractivity contribution in [1.29, 1.82) is 0 Å². The summed E-state index contributed by atoms with van der Waals surface area (Å²) in [6.07, 6.45) is -4.06. The third-order valence-corrected chi connectivity index (χ3v) is 3.57. The van der Waals surface area contributed by atoms with Gasteiger partial charge in [-0.2, -0.15) is 5.10 Å². The molecule has 1 aliphatic rings. The molecule has 24 heavy (non-hydrogen) atoms. The third-order valence-electron chi connectivity index (χ3n) is 3.48. The van der Waals surface area contributed by atoms with Gasteiger partial charge in [0.05, 0.1) is 17.9 Å². The summed E-state index contributed by atoms with van der Waals surface area (Å²) in [6.45, 7) is 0.931. The molecule has 0 bridgehead atoms. The molecular weight excluding hydrogens is 342 g/mol. The van der Waals surface area contributed by atoms with Crippen LogP contribution in [0.2, 0.25) is 0 Å². The number of aliphatic hydroxyl groups is 3. The third kappa shape index (κ3) is 3.52. The van der Waals surface area contributed by atoms with E-state index in [1.807, 2.05) is 0 Å². The van der Waals surface area contributed by atoms with Crippen molar-refractivity contribution in [3.05, 3.63) is 32.6 Å². The Hall–Kier alpha value is -2.12. The number of hydrazone groups is 1. The Kier molecular flexibility index (Phi) is 5.46. The monoisotopic (exact) mass is 359 g/mol. The fourth-order valence-electron chi connectivity index (χ4n) is 2.24. The number of nitrogens with one attached hydrogen (secondary N) is 2. The number of aromatic nitrogens is 2. The largest absolute Gasteiger partial charge is 0.394 e. The molecule has 2 heterocycles. The highest BCUT2D eigenvalue weighted by atomic mass is 32.1. The maximum Gasteiger partial charge on any atom is 0.330 e. The van der Waals surface area contributed by atoms with Crippen LogP contribution >= 0.6 is 12.2 Å². The zero-order chi connectivity index (χ0) is 18.0. The average molecular weight is 359 g/mol. The summed E-state index contributed by atoms with van der Waals surface area (Å²) >= 11 is 4.60. The van der Waals surface area contributed by atoms with Gasteiger partial charge >= 0.3 is 5.69 Å². The molecule has 0 saturated carbocycles. The van der Waals surface area contributed by atoms with Gasteiger partial charge in [-0.15, -0.1) is 0 Å². The molecule has 0 spiro atoms. The van der Waals surface area contributed by atoms with Crippen LogP contribution in [0, 0.1) is 0 Å². The molecule has 0 radical (unpaired) electrons. The van der Waals surface area contributed by atoms with Crippen molar-refractivity contribution in [2.24, 2.45) is 10.8 Å². The number of aliphatic hydroxyl groups excluding tert-OH is 3. The van der Waals surface area contributed by atoms with E-state index in [1.54, 1.807) is 0 Å². The SMILES string of the molecule is C/C(=N\NC(N)=S)c1cn([C@H]2O[C@@H](CO)[C@H](O)[C@@H]2O)c(=O)[nH]c1=O. The first-order chi connectivity index (χ1) is 11.3. The van der Waals surface area contributed by atoms with Crippen LogP contribution in [-0.2, 0) is 4.74 Å². The lowest BCUT2D eigenvalue weighted by molar-refractivity contribution is -0.0550. The van der Waals surface area contributed by atoms with Crippen LogP contribution in [0.25, 0.3) is 0 Å². The molecule has 0 amide bonds. The van der Waals surface area contributed by atoms with Gasteiger partial charge in [-0.25, -0.2) is 4.79 Å². The van der Waals surface area contributed by atoms with E-state index < -0.39 is 42.4 Å².